The molecule has 0 bridgehead atoms. The van der Waals surface area contributed by atoms with Crippen molar-refractivity contribution in [3.8, 4) is 5.75 Å². The number of nitrogens with zero attached hydrogens (tertiary/aromatic N) is 5. The van der Waals surface area contributed by atoms with E-state index in [-0.39, 0.29) is 35.1 Å². The normalized spacial score (nSPS) is 14.9. The minimum atomic E-state index is -1.48. The Kier molecular flexibility index (Phi) is 8.69. The van der Waals surface area contributed by atoms with Gasteiger partial charge in [-0.05, 0) is 52.6 Å². The van der Waals surface area contributed by atoms with E-state index < -0.39 is 17.2 Å². The summed E-state index contributed by atoms with van der Waals surface area (Å²) in [6.45, 7) is 8.13. The van der Waals surface area contributed by atoms with E-state index in [1.54, 1.807) is 6.07 Å². The highest BCUT2D eigenvalue weighted by Gasteiger charge is 2.31. The second-order valence-electron chi connectivity index (χ2n) is 10.4. The number of halogens is 2. The number of hydrogen-bond acceptors (Lipinski definition) is 10. The fraction of sp³-hybridized carbons (Fsp3) is 0.357. The highest BCUT2D eigenvalue weighted by molar-refractivity contribution is 6.02. The first kappa shape index (κ1) is 29.6. The Bertz CT molecular complexity index is 1440. The van der Waals surface area contributed by atoms with E-state index in [0.717, 1.165) is 37.3 Å². The molecule has 3 aromatic rings. The van der Waals surface area contributed by atoms with Gasteiger partial charge in [-0.3, -0.25) is 4.79 Å². The zero-order valence-corrected chi connectivity index (χ0v) is 23.6. The van der Waals surface area contributed by atoms with E-state index in [0.29, 0.717) is 17.1 Å². The number of nitrogens with one attached hydrogen (secondary N) is 3. The van der Waals surface area contributed by atoms with Crippen molar-refractivity contribution in [1.82, 2.24) is 19.9 Å². The first-order chi connectivity index (χ1) is 19.4. The van der Waals surface area contributed by atoms with Crippen molar-refractivity contribution in [2.24, 2.45) is 0 Å². The number of likely N-dealkylation sites (N-methyl/N-ethyl adjacent to an activating group) is 1. The van der Waals surface area contributed by atoms with E-state index in [1.165, 1.54) is 33.4 Å². The zero-order chi connectivity index (χ0) is 29.9. The number of carbonyl (C=O) groups excluding carboxylic acids is 1. The molecule has 1 atom stereocenters. The quantitative estimate of drug-likeness (QED) is 0.251. The van der Waals surface area contributed by atoms with Crippen molar-refractivity contribution >= 4 is 40.6 Å². The second-order valence-corrected chi connectivity index (χ2v) is 10.4. The van der Waals surface area contributed by atoms with E-state index in [1.807, 2.05) is 20.2 Å². The minimum absolute atomic E-state index is 0.0156. The SMILES string of the molecule is C=CC(=O)Nc1cc(Nc2ncnc(Nc3cc(F)c(F)cc3C(C)(C)O)n2)c(OC)cc1N1CC[C@@H]1CN(C)C. The molecule has 1 saturated heterocycles. The van der Waals surface area contributed by atoms with Gasteiger partial charge in [0.1, 0.15) is 12.1 Å². The average molecular weight is 569 g/mol. The average Bonchev–Trinajstić information content (AvgIpc) is 2.89. The second kappa shape index (κ2) is 12.0. The monoisotopic (exact) mass is 568 g/mol. The third-order valence-corrected chi connectivity index (χ3v) is 6.57. The fourth-order valence-electron chi connectivity index (χ4n) is 4.54. The number of aliphatic hydroxyl groups is 1. The molecule has 11 nitrogen and oxygen atoms in total. The van der Waals surface area contributed by atoms with Gasteiger partial charge in [0.05, 0.1) is 35.5 Å². The van der Waals surface area contributed by atoms with E-state index in [9.17, 15) is 18.7 Å². The van der Waals surface area contributed by atoms with Crippen molar-refractivity contribution in [2.45, 2.75) is 31.9 Å². The number of anilines is 6. The molecule has 0 saturated carbocycles. The number of benzene rings is 2. The van der Waals surface area contributed by atoms with Crippen molar-refractivity contribution in [2.75, 3.05) is 55.1 Å². The zero-order valence-electron chi connectivity index (χ0n) is 23.6. The molecule has 0 spiro atoms. The molecular weight excluding hydrogens is 534 g/mol. The molecule has 0 unspecified atom stereocenters. The van der Waals surface area contributed by atoms with E-state index in [2.05, 4.69) is 47.3 Å². The largest absolute Gasteiger partial charge is 0.494 e. The molecule has 2 heterocycles. The van der Waals surface area contributed by atoms with Crippen LogP contribution in [0.2, 0.25) is 0 Å². The molecule has 1 aliphatic heterocycles. The van der Waals surface area contributed by atoms with Gasteiger partial charge in [-0.1, -0.05) is 6.58 Å². The van der Waals surface area contributed by atoms with Crippen LogP contribution >= 0.6 is 0 Å². The van der Waals surface area contributed by atoms with Crippen LogP contribution in [0.25, 0.3) is 0 Å². The summed E-state index contributed by atoms with van der Waals surface area (Å²) in [7, 11) is 5.56. The molecule has 218 valence electrons. The Balaban J connectivity index is 1.66. The van der Waals surface area contributed by atoms with Gasteiger partial charge in [0.2, 0.25) is 17.8 Å². The highest BCUT2D eigenvalue weighted by Crippen LogP contribution is 2.41. The van der Waals surface area contributed by atoms with Crippen LogP contribution in [-0.4, -0.2) is 71.2 Å². The molecule has 0 radical (unpaired) electrons. The van der Waals surface area contributed by atoms with Crippen LogP contribution in [0.15, 0.2) is 43.2 Å². The number of methoxy groups -OCH3 is 1. The lowest BCUT2D eigenvalue weighted by molar-refractivity contribution is -0.111. The number of rotatable bonds is 11. The summed E-state index contributed by atoms with van der Waals surface area (Å²) in [6.07, 6.45) is 3.44. The Morgan fingerprint density at radius 1 is 1.15 bits per heavy atom. The van der Waals surface area contributed by atoms with Gasteiger partial charge >= 0.3 is 0 Å². The summed E-state index contributed by atoms with van der Waals surface area (Å²) in [6, 6.07) is 5.68. The topological polar surface area (TPSA) is 128 Å². The van der Waals surface area contributed by atoms with Crippen LogP contribution in [0.3, 0.4) is 0 Å². The van der Waals surface area contributed by atoms with Gasteiger partial charge < -0.3 is 35.6 Å². The number of carbonyl (C=O) groups is 1. The van der Waals surface area contributed by atoms with Crippen molar-refractivity contribution < 1.29 is 23.4 Å². The summed E-state index contributed by atoms with van der Waals surface area (Å²) < 4.78 is 33.6. The number of ether oxygens (including phenoxy) is 1. The first-order valence-electron chi connectivity index (χ1n) is 12.9. The van der Waals surface area contributed by atoms with Crippen LogP contribution in [0, 0.1) is 11.6 Å². The maximum atomic E-state index is 14.0. The molecule has 4 N–H and O–H groups in total. The summed E-state index contributed by atoms with van der Waals surface area (Å²) >= 11 is 0. The molecule has 13 heteroatoms. The molecule has 41 heavy (non-hydrogen) atoms. The van der Waals surface area contributed by atoms with Gasteiger partial charge in [0, 0.05) is 36.8 Å². The molecule has 1 fully saturated rings. The third-order valence-electron chi connectivity index (χ3n) is 6.57. The maximum Gasteiger partial charge on any atom is 0.247 e. The lowest BCUT2D eigenvalue weighted by atomic mass is 9.96. The summed E-state index contributed by atoms with van der Waals surface area (Å²) in [4.78, 5) is 29.2. The predicted molar refractivity (Wildman–Crippen MR) is 154 cm³/mol. The van der Waals surface area contributed by atoms with E-state index in [4.69, 9.17) is 4.74 Å². The summed E-state index contributed by atoms with van der Waals surface area (Å²) in [5, 5.41) is 19.2. The van der Waals surface area contributed by atoms with Crippen LogP contribution < -0.4 is 25.6 Å². The Morgan fingerprint density at radius 2 is 1.80 bits per heavy atom. The Morgan fingerprint density at radius 3 is 2.37 bits per heavy atom. The van der Waals surface area contributed by atoms with Gasteiger partial charge in [-0.25, -0.2) is 18.7 Å². The van der Waals surface area contributed by atoms with Crippen LogP contribution in [0.5, 0.6) is 5.75 Å². The van der Waals surface area contributed by atoms with Gasteiger partial charge in [-0.2, -0.15) is 4.98 Å². The van der Waals surface area contributed by atoms with Gasteiger partial charge in [0.25, 0.3) is 0 Å². The van der Waals surface area contributed by atoms with Crippen molar-refractivity contribution in [3.05, 3.63) is 60.4 Å². The van der Waals surface area contributed by atoms with Crippen LogP contribution in [0.4, 0.5) is 43.4 Å². The van der Waals surface area contributed by atoms with E-state index >= 15 is 0 Å². The Hall–Kier alpha value is -4.36. The summed E-state index contributed by atoms with van der Waals surface area (Å²) in [5.41, 5.74) is 0.537. The lowest BCUT2D eigenvalue weighted by Crippen LogP contribution is -2.53. The standard InChI is InChI=1S/C28H34F2N8O3/c1-7-25(39)33-21-12-22(24(41-6)13-23(21)38-9-8-16(38)14-37(4)5)35-27-32-15-31-26(36-27)34-20-11-19(30)18(29)10-17(20)28(2,3)40/h7,10-13,15-16,40H,1,8-9,14H2,2-6H3,(H,33,39)(H2,31,32,34,35,36)/t16-/m1/s1. The number of hydrogen-bond donors (Lipinski definition) is 4. The minimum Gasteiger partial charge on any atom is -0.494 e. The van der Waals surface area contributed by atoms with Gasteiger partial charge in [0.15, 0.2) is 11.6 Å². The van der Waals surface area contributed by atoms with Crippen LogP contribution in [-0.2, 0) is 10.4 Å². The molecule has 4 rings (SSSR count). The van der Waals surface area contributed by atoms with Crippen molar-refractivity contribution in [3.63, 3.8) is 0 Å². The predicted octanol–water partition coefficient (Wildman–Crippen LogP) is 4.14. The number of amides is 1. The molecule has 1 aromatic heterocycles. The third kappa shape index (κ3) is 6.87. The number of aromatic nitrogens is 3. The Labute approximate surface area is 237 Å². The lowest BCUT2D eigenvalue weighted by Gasteiger charge is -2.45. The molecule has 0 aliphatic carbocycles. The van der Waals surface area contributed by atoms with Crippen molar-refractivity contribution in [1.29, 1.82) is 0 Å². The summed E-state index contributed by atoms with van der Waals surface area (Å²) in [5.74, 6) is -1.95. The molecule has 1 aliphatic rings. The smallest absolute Gasteiger partial charge is 0.247 e. The maximum absolute atomic E-state index is 14.0. The fourth-order valence-corrected chi connectivity index (χ4v) is 4.54. The highest BCUT2D eigenvalue weighted by atomic mass is 19.2. The molecule has 1 amide bonds. The molecule has 2 aromatic carbocycles. The molecular formula is C28H34F2N8O3. The first-order valence-corrected chi connectivity index (χ1v) is 12.9. The van der Waals surface area contributed by atoms with Crippen LogP contribution in [0.1, 0.15) is 25.8 Å². The van der Waals surface area contributed by atoms with Gasteiger partial charge in [-0.15, -0.1) is 0 Å².